The first-order valence-corrected chi connectivity index (χ1v) is 8.43. The predicted octanol–water partition coefficient (Wildman–Crippen LogP) is 2.98. The number of anilines is 1. The maximum absolute atomic E-state index is 12.4. The molecule has 2 amide bonds. The number of thiazole rings is 1. The Balaban J connectivity index is 1.72. The molecule has 130 valence electrons. The Morgan fingerprint density at radius 3 is 2.73 bits per heavy atom. The van der Waals surface area contributed by atoms with Gasteiger partial charge in [0, 0.05) is 35.0 Å². The number of hydroxylamine groups is 1. The van der Waals surface area contributed by atoms with E-state index in [1.807, 2.05) is 17.5 Å². The van der Waals surface area contributed by atoms with Crippen LogP contribution < -0.4 is 10.8 Å². The summed E-state index contributed by atoms with van der Waals surface area (Å²) in [5.74, 6) is -0.950. The maximum atomic E-state index is 12.4. The number of nitrogens with one attached hydrogen (secondary N) is 2. The van der Waals surface area contributed by atoms with Crippen molar-refractivity contribution in [3.63, 3.8) is 0 Å². The molecule has 7 nitrogen and oxygen atoms in total. The van der Waals surface area contributed by atoms with E-state index in [-0.39, 0.29) is 5.91 Å². The van der Waals surface area contributed by atoms with Gasteiger partial charge in [-0.15, -0.1) is 11.3 Å². The third kappa shape index (κ3) is 4.38. The van der Waals surface area contributed by atoms with E-state index in [2.05, 4.69) is 15.3 Å². The number of hydrogen-bond acceptors (Lipinski definition) is 6. The van der Waals surface area contributed by atoms with Gasteiger partial charge >= 0.3 is 0 Å². The van der Waals surface area contributed by atoms with E-state index in [0.29, 0.717) is 16.3 Å². The Bertz CT molecular complexity index is 954. The number of aromatic nitrogens is 2. The summed E-state index contributed by atoms with van der Waals surface area (Å²) < 4.78 is 0. The van der Waals surface area contributed by atoms with Crippen molar-refractivity contribution in [3.05, 3.63) is 71.4 Å². The smallest absolute Gasteiger partial charge is 0.267 e. The lowest BCUT2D eigenvalue weighted by molar-refractivity contribution is -0.124. The highest BCUT2D eigenvalue weighted by Gasteiger charge is 2.10. The molecule has 3 aromatic rings. The van der Waals surface area contributed by atoms with Crippen LogP contribution in [0.25, 0.3) is 17.3 Å². The van der Waals surface area contributed by atoms with Gasteiger partial charge in [0.05, 0.1) is 5.69 Å². The van der Waals surface area contributed by atoms with Gasteiger partial charge in [-0.1, -0.05) is 12.1 Å². The summed E-state index contributed by atoms with van der Waals surface area (Å²) in [6.45, 7) is 0. The third-order valence-corrected chi connectivity index (χ3v) is 4.14. The lowest BCUT2D eigenvalue weighted by atomic mass is 10.1. The average Bonchev–Trinajstić information content (AvgIpc) is 3.15. The number of amides is 2. The van der Waals surface area contributed by atoms with Gasteiger partial charge < -0.3 is 0 Å². The SMILES string of the molecule is O=C(/C=C/c1cccc(C(=O)Nc2nc(-c3ccncc3)cs2)c1)NO. The molecule has 0 bridgehead atoms. The molecule has 3 N–H and O–H groups in total. The normalized spacial score (nSPS) is 10.7. The largest absolute Gasteiger partial charge is 0.298 e. The van der Waals surface area contributed by atoms with E-state index < -0.39 is 5.91 Å². The molecule has 0 unspecified atom stereocenters. The van der Waals surface area contributed by atoms with E-state index in [4.69, 9.17) is 5.21 Å². The second-order valence-corrected chi connectivity index (χ2v) is 6.02. The lowest BCUT2D eigenvalue weighted by Gasteiger charge is -2.03. The van der Waals surface area contributed by atoms with Crippen molar-refractivity contribution in [3.8, 4) is 11.3 Å². The minimum atomic E-state index is -0.647. The zero-order valence-electron chi connectivity index (χ0n) is 13.4. The van der Waals surface area contributed by atoms with Crippen LogP contribution in [0.5, 0.6) is 0 Å². The topological polar surface area (TPSA) is 104 Å². The summed E-state index contributed by atoms with van der Waals surface area (Å²) in [6.07, 6.45) is 6.03. The Kier molecular flexibility index (Phi) is 5.47. The van der Waals surface area contributed by atoms with Crippen molar-refractivity contribution >= 4 is 34.4 Å². The molecule has 0 aliphatic heterocycles. The van der Waals surface area contributed by atoms with Gasteiger partial charge in [0.2, 0.25) is 0 Å². The maximum Gasteiger partial charge on any atom is 0.267 e. The monoisotopic (exact) mass is 366 g/mol. The molecule has 26 heavy (non-hydrogen) atoms. The molecule has 0 saturated carbocycles. The molecule has 0 aliphatic carbocycles. The zero-order chi connectivity index (χ0) is 18.4. The quantitative estimate of drug-likeness (QED) is 0.366. The van der Waals surface area contributed by atoms with Crippen LogP contribution in [0.2, 0.25) is 0 Å². The van der Waals surface area contributed by atoms with Gasteiger partial charge in [-0.05, 0) is 35.9 Å². The molecule has 8 heteroatoms. The number of nitrogens with zero attached hydrogens (tertiary/aromatic N) is 2. The summed E-state index contributed by atoms with van der Waals surface area (Å²) in [7, 11) is 0. The summed E-state index contributed by atoms with van der Waals surface area (Å²) in [6, 6.07) is 10.4. The fraction of sp³-hybridized carbons (Fsp3) is 0. The zero-order valence-corrected chi connectivity index (χ0v) is 14.2. The van der Waals surface area contributed by atoms with Crippen LogP contribution in [0, 0.1) is 0 Å². The molecule has 0 saturated heterocycles. The first-order chi connectivity index (χ1) is 12.7. The van der Waals surface area contributed by atoms with Gasteiger partial charge in [-0.3, -0.25) is 25.1 Å². The molecule has 2 heterocycles. The molecule has 0 fully saturated rings. The van der Waals surface area contributed by atoms with Gasteiger partial charge in [-0.25, -0.2) is 10.5 Å². The lowest BCUT2D eigenvalue weighted by Crippen LogP contribution is -2.14. The molecular formula is C18H14N4O3S. The van der Waals surface area contributed by atoms with E-state index in [1.54, 1.807) is 36.7 Å². The van der Waals surface area contributed by atoms with Crippen molar-refractivity contribution in [2.45, 2.75) is 0 Å². The Morgan fingerprint density at radius 2 is 1.96 bits per heavy atom. The molecule has 0 atom stereocenters. The van der Waals surface area contributed by atoms with Gasteiger partial charge in [-0.2, -0.15) is 0 Å². The number of carbonyl (C=O) groups is 2. The molecular weight excluding hydrogens is 352 g/mol. The van der Waals surface area contributed by atoms with Crippen molar-refractivity contribution in [2.75, 3.05) is 5.32 Å². The fourth-order valence-corrected chi connectivity index (χ4v) is 2.86. The summed E-state index contributed by atoms with van der Waals surface area (Å²) in [4.78, 5) is 31.8. The van der Waals surface area contributed by atoms with Crippen LogP contribution in [0.3, 0.4) is 0 Å². The van der Waals surface area contributed by atoms with Crippen LogP contribution in [-0.4, -0.2) is 27.0 Å². The average molecular weight is 366 g/mol. The van der Waals surface area contributed by atoms with Crippen LogP contribution in [0.4, 0.5) is 5.13 Å². The van der Waals surface area contributed by atoms with Crippen molar-refractivity contribution in [1.82, 2.24) is 15.4 Å². The van der Waals surface area contributed by atoms with Crippen LogP contribution >= 0.6 is 11.3 Å². The molecule has 0 aliphatic rings. The first-order valence-electron chi connectivity index (χ1n) is 7.55. The van der Waals surface area contributed by atoms with Gasteiger partial charge in [0.25, 0.3) is 11.8 Å². The first kappa shape index (κ1) is 17.5. The van der Waals surface area contributed by atoms with Crippen molar-refractivity contribution in [1.29, 1.82) is 0 Å². The van der Waals surface area contributed by atoms with Gasteiger partial charge in [0.1, 0.15) is 0 Å². The fourth-order valence-electron chi connectivity index (χ4n) is 2.15. The number of pyridine rings is 1. The second-order valence-electron chi connectivity index (χ2n) is 5.16. The molecule has 0 spiro atoms. The minimum absolute atomic E-state index is 0.303. The Hall–Kier alpha value is -3.36. The van der Waals surface area contributed by atoms with Crippen molar-refractivity contribution in [2.24, 2.45) is 0 Å². The standard InChI is InChI=1S/C18H14N4O3S/c23-16(22-25)5-4-12-2-1-3-14(10-12)17(24)21-18-20-15(11-26-18)13-6-8-19-9-7-13/h1-11,25H,(H,22,23)(H,20,21,24)/b5-4+. The third-order valence-electron chi connectivity index (χ3n) is 3.39. The Morgan fingerprint density at radius 1 is 1.15 bits per heavy atom. The van der Waals surface area contributed by atoms with Crippen molar-refractivity contribution < 1.29 is 14.8 Å². The molecule has 1 aromatic carbocycles. The highest BCUT2D eigenvalue weighted by molar-refractivity contribution is 7.14. The van der Waals surface area contributed by atoms with E-state index in [1.165, 1.54) is 29.0 Å². The van der Waals surface area contributed by atoms with E-state index >= 15 is 0 Å². The highest BCUT2D eigenvalue weighted by atomic mass is 32.1. The Labute approximate surface area is 153 Å². The van der Waals surface area contributed by atoms with Crippen LogP contribution in [0.1, 0.15) is 15.9 Å². The number of carbonyl (C=O) groups excluding carboxylic acids is 2. The summed E-state index contributed by atoms with van der Waals surface area (Å²) in [5.41, 5.74) is 4.27. The van der Waals surface area contributed by atoms with Crippen LogP contribution in [-0.2, 0) is 4.79 Å². The number of benzene rings is 1. The molecule has 0 radical (unpaired) electrons. The highest BCUT2D eigenvalue weighted by Crippen LogP contribution is 2.24. The summed E-state index contributed by atoms with van der Waals surface area (Å²) in [5, 5.41) is 13.6. The predicted molar refractivity (Wildman–Crippen MR) is 98.7 cm³/mol. The van der Waals surface area contributed by atoms with E-state index in [0.717, 1.165) is 11.3 Å². The number of hydrogen-bond donors (Lipinski definition) is 3. The van der Waals surface area contributed by atoms with E-state index in [9.17, 15) is 9.59 Å². The number of rotatable bonds is 5. The van der Waals surface area contributed by atoms with Crippen LogP contribution in [0.15, 0.2) is 60.2 Å². The second kappa shape index (κ2) is 8.15. The molecule has 3 rings (SSSR count). The summed E-state index contributed by atoms with van der Waals surface area (Å²) >= 11 is 1.33. The molecule has 2 aromatic heterocycles. The van der Waals surface area contributed by atoms with Gasteiger partial charge in [0.15, 0.2) is 5.13 Å². The minimum Gasteiger partial charge on any atom is -0.298 e.